The predicted octanol–water partition coefficient (Wildman–Crippen LogP) is 4.76. The molecule has 1 spiro atoms. The molecule has 8 heteroatoms. The van der Waals surface area contributed by atoms with Gasteiger partial charge in [-0.1, -0.05) is 83.0 Å². The lowest BCUT2D eigenvalue weighted by Gasteiger charge is -2.43. The van der Waals surface area contributed by atoms with Gasteiger partial charge in [0.25, 0.3) is 0 Å². The molecule has 0 saturated carbocycles. The second kappa shape index (κ2) is 13.8. The van der Waals surface area contributed by atoms with Gasteiger partial charge in [-0.25, -0.2) is 0 Å². The van der Waals surface area contributed by atoms with Crippen molar-refractivity contribution in [2.24, 2.45) is 23.7 Å². The summed E-state index contributed by atoms with van der Waals surface area (Å²) in [5.74, 6) is -1.42. The smallest absolute Gasteiger partial charge is 0.247 e. The minimum absolute atomic E-state index is 0.0402. The Morgan fingerprint density at radius 1 is 1.12 bits per heavy atom. The number of rotatable bonds is 15. The highest BCUT2D eigenvalue weighted by Crippen LogP contribution is 2.69. The summed E-state index contributed by atoms with van der Waals surface area (Å²) in [7, 11) is 0. The van der Waals surface area contributed by atoms with Gasteiger partial charge in [0.1, 0.15) is 6.04 Å². The Bertz CT molecular complexity index is 1140. The molecule has 3 unspecified atom stereocenters. The first-order valence-corrected chi connectivity index (χ1v) is 16.5. The monoisotopic (exact) mass is 595 g/mol. The summed E-state index contributed by atoms with van der Waals surface area (Å²) in [4.78, 5) is 49.1. The van der Waals surface area contributed by atoms with E-state index in [9.17, 15) is 19.5 Å². The lowest BCUT2D eigenvalue weighted by atomic mass is 9.65. The van der Waals surface area contributed by atoms with Crippen LogP contribution in [-0.2, 0) is 20.9 Å². The summed E-state index contributed by atoms with van der Waals surface area (Å²) in [6.07, 6.45) is 7.19. The minimum atomic E-state index is -0.735. The fraction of sp³-hybridized carbons (Fsp3) is 0.618. The number of fused-ring (bicyclic) bond motifs is 1. The van der Waals surface area contributed by atoms with Gasteiger partial charge in [0.15, 0.2) is 0 Å². The van der Waals surface area contributed by atoms with Crippen LogP contribution >= 0.6 is 11.8 Å². The Balaban J connectivity index is 1.77. The Hall–Kier alpha value is -2.58. The van der Waals surface area contributed by atoms with Gasteiger partial charge in [-0.05, 0) is 30.2 Å². The van der Waals surface area contributed by atoms with E-state index < -0.39 is 28.7 Å². The van der Waals surface area contributed by atoms with Gasteiger partial charge in [-0.3, -0.25) is 14.4 Å². The molecule has 42 heavy (non-hydrogen) atoms. The predicted molar refractivity (Wildman–Crippen MR) is 170 cm³/mol. The highest BCUT2D eigenvalue weighted by Gasteiger charge is 2.77. The average molecular weight is 596 g/mol. The standard InChI is InChI=1S/C34H49N3O4S/c1-7-10-14-19-35(17-8-2)33(41)30-34-24(6)20-27(42-34)28(29(34)32(40)37(30)26(22-38)23(4)5)31(39)36(18-9-3)21-25-15-12-11-13-16-25/h8-9,11-13,15-16,23-24,26-30,38H,2-3,7,10,14,17-22H2,1,4-6H3/t24?,26-,27+,28-,29-,30?,34?/m0/s1. The van der Waals surface area contributed by atoms with Crippen LogP contribution in [0.5, 0.6) is 0 Å². The quantitative estimate of drug-likeness (QED) is 0.234. The number of amides is 3. The van der Waals surface area contributed by atoms with Gasteiger partial charge >= 0.3 is 0 Å². The van der Waals surface area contributed by atoms with Gasteiger partial charge in [0.05, 0.1) is 29.2 Å². The van der Waals surface area contributed by atoms with E-state index in [1.165, 1.54) is 0 Å². The van der Waals surface area contributed by atoms with Crippen LogP contribution in [0, 0.1) is 23.7 Å². The second-order valence-electron chi connectivity index (χ2n) is 12.6. The molecule has 1 aromatic rings. The highest BCUT2D eigenvalue weighted by atomic mass is 32.2. The number of carbonyl (C=O) groups is 3. The molecule has 0 aliphatic carbocycles. The molecule has 230 valence electrons. The maximum atomic E-state index is 14.7. The molecule has 3 heterocycles. The Labute approximate surface area is 256 Å². The zero-order valence-corrected chi connectivity index (χ0v) is 26.6. The molecule has 1 aromatic carbocycles. The summed E-state index contributed by atoms with van der Waals surface area (Å²) in [5.41, 5.74) is 1.02. The van der Waals surface area contributed by atoms with Crippen molar-refractivity contribution in [2.75, 3.05) is 26.2 Å². The molecule has 0 radical (unpaired) electrons. The van der Waals surface area contributed by atoms with Crippen molar-refractivity contribution >= 4 is 29.5 Å². The zero-order chi connectivity index (χ0) is 30.6. The van der Waals surface area contributed by atoms with Gasteiger partial charge < -0.3 is 19.8 Å². The van der Waals surface area contributed by atoms with E-state index in [1.54, 1.807) is 33.7 Å². The molecule has 4 rings (SSSR count). The molecule has 1 N–H and O–H groups in total. The largest absolute Gasteiger partial charge is 0.394 e. The van der Waals surface area contributed by atoms with Crippen LogP contribution < -0.4 is 0 Å². The van der Waals surface area contributed by atoms with Crippen LogP contribution in [0.25, 0.3) is 0 Å². The lowest BCUT2D eigenvalue weighted by molar-refractivity contribution is -0.148. The van der Waals surface area contributed by atoms with Crippen LogP contribution in [0.1, 0.15) is 58.9 Å². The van der Waals surface area contributed by atoms with E-state index in [4.69, 9.17) is 0 Å². The SMILES string of the molecule is C=CCN(CCCCC)C(=O)C1N([C@@H](CO)C(C)C)C(=O)[C@@H]2[C@@H](C(=O)N(CC=C)Cc3ccccc3)[C@H]3CC(C)C12S3. The molecule has 3 saturated heterocycles. The topological polar surface area (TPSA) is 81.2 Å². The van der Waals surface area contributed by atoms with Gasteiger partial charge in [0.2, 0.25) is 17.7 Å². The molecule has 3 fully saturated rings. The Morgan fingerprint density at radius 3 is 2.38 bits per heavy atom. The third kappa shape index (κ3) is 5.69. The molecule has 0 aromatic heterocycles. The van der Waals surface area contributed by atoms with E-state index in [-0.39, 0.29) is 41.4 Å². The van der Waals surface area contributed by atoms with Crippen molar-refractivity contribution in [3.8, 4) is 0 Å². The van der Waals surface area contributed by atoms with Crippen molar-refractivity contribution in [3.63, 3.8) is 0 Å². The Morgan fingerprint density at radius 2 is 1.79 bits per heavy atom. The maximum Gasteiger partial charge on any atom is 0.247 e. The number of thioether (sulfide) groups is 1. The van der Waals surface area contributed by atoms with E-state index in [0.717, 1.165) is 31.2 Å². The van der Waals surface area contributed by atoms with Crippen molar-refractivity contribution in [1.29, 1.82) is 0 Å². The van der Waals surface area contributed by atoms with Gasteiger partial charge in [-0.15, -0.1) is 24.9 Å². The minimum Gasteiger partial charge on any atom is -0.394 e. The first-order valence-electron chi connectivity index (χ1n) is 15.6. The molecule has 3 amide bonds. The van der Waals surface area contributed by atoms with Crippen molar-refractivity contribution in [1.82, 2.24) is 14.7 Å². The average Bonchev–Trinajstić information content (AvgIpc) is 3.56. The first-order chi connectivity index (χ1) is 20.2. The van der Waals surface area contributed by atoms with Crippen molar-refractivity contribution in [3.05, 3.63) is 61.2 Å². The number of hydrogen-bond donors (Lipinski definition) is 1. The van der Waals surface area contributed by atoms with E-state index in [0.29, 0.717) is 26.2 Å². The summed E-state index contributed by atoms with van der Waals surface area (Å²) in [5, 5.41) is 10.5. The summed E-state index contributed by atoms with van der Waals surface area (Å²) in [6.45, 7) is 17.6. The zero-order valence-electron chi connectivity index (χ0n) is 25.8. The molecule has 2 bridgehead atoms. The van der Waals surface area contributed by atoms with Crippen molar-refractivity contribution in [2.45, 2.75) is 82.0 Å². The molecule has 7 atom stereocenters. The normalized spacial score (nSPS) is 28.6. The third-order valence-corrected chi connectivity index (χ3v) is 11.7. The number of aliphatic hydroxyl groups is 1. The van der Waals surface area contributed by atoms with Crippen LogP contribution in [0.3, 0.4) is 0 Å². The van der Waals surface area contributed by atoms with E-state index in [1.807, 2.05) is 49.1 Å². The Kier molecular flexibility index (Phi) is 10.6. The molecule has 3 aliphatic heterocycles. The number of hydrogen-bond acceptors (Lipinski definition) is 5. The van der Waals surface area contributed by atoms with Crippen LogP contribution in [0.2, 0.25) is 0 Å². The van der Waals surface area contributed by atoms with Crippen LogP contribution in [0.15, 0.2) is 55.6 Å². The number of unbranched alkanes of at least 4 members (excludes halogenated alkanes) is 2. The molecular weight excluding hydrogens is 546 g/mol. The first kappa shape index (κ1) is 32.3. The third-order valence-electron chi connectivity index (χ3n) is 9.59. The summed E-state index contributed by atoms with van der Waals surface area (Å²) < 4.78 is -0.724. The summed E-state index contributed by atoms with van der Waals surface area (Å²) in [6, 6.07) is 8.63. The number of aliphatic hydroxyl groups excluding tert-OH is 1. The van der Waals surface area contributed by atoms with Crippen molar-refractivity contribution < 1.29 is 19.5 Å². The van der Waals surface area contributed by atoms with Crippen LogP contribution in [-0.4, -0.2) is 85.8 Å². The number of benzene rings is 1. The second-order valence-corrected chi connectivity index (χ2v) is 14.1. The lowest BCUT2D eigenvalue weighted by Crippen LogP contribution is -2.60. The number of nitrogens with zero attached hydrogens (tertiary/aromatic N) is 3. The highest BCUT2D eigenvalue weighted by molar-refractivity contribution is 8.02. The van der Waals surface area contributed by atoms with Gasteiger partial charge in [-0.2, -0.15) is 0 Å². The molecule has 3 aliphatic rings. The summed E-state index contributed by atoms with van der Waals surface area (Å²) >= 11 is 1.69. The fourth-order valence-corrected chi connectivity index (χ4v) is 9.97. The van der Waals surface area contributed by atoms with Gasteiger partial charge in [0, 0.05) is 31.4 Å². The van der Waals surface area contributed by atoms with E-state index in [2.05, 4.69) is 27.0 Å². The molecule has 7 nitrogen and oxygen atoms in total. The fourth-order valence-electron chi connectivity index (χ4n) is 7.57. The van der Waals surface area contributed by atoms with Crippen LogP contribution in [0.4, 0.5) is 0 Å². The maximum absolute atomic E-state index is 14.7. The van der Waals surface area contributed by atoms with E-state index >= 15 is 0 Å². The molecular formula is C34H49N3O4S. The number of likely N-dealkylation sites (tertiary alicyclic amines) is 1. The number of carbonyl (C=O) groups excluding carboxylic acids is 3.